The molecule has 0 unspecified atom stereocenters. The molecule has 1 aliphatic carbocycles. The van der Waals surface area contributed by atoms with Crippen molar-refractivity contribution in [1.29, 1.82) is 0 Å². The molecule has 1 saturated carbocycles. The van der Waals surface area contributed by atoms with Crippen molar-refractivity contribution in [2.45, 2.75) is 32.1 Å². The van der Waals surface area contributed by atoms with Crippen molar-refractivity contribution in [3.8, 4) is 0 Å². The summed E-state index contributed by atoms with van der Waals surface area (Å²) in [5.74, 6) is -1.79. The van der Waals surface area contributed by atoms with Crippen LogP contribution in [-0.4, -0.2) is 16.8 Å². The maximum Gasteiger partial charge on any atom is 0.337 e. The third-order valence-electron chi connectivity index (χ3n) is 3.06. The lowest BCUT2D eigenvalue weighted by Crippen LogP contribution is -2.09. The molecule has 0 atom stereocenters. The monoisotopic (exact) mass is 328 g/mol. The molecule has 1 fully saturated rings. The minimum Gasteiger partial charge on any atom is -0.478 e. The van der Waals surface area contributed by atoms with Crippen LogP contribution < -0.4 is 5.43 Å². The van der Waals surface area contributed by atoms with E-state index in [-0.39, 0.29) is 10.0 Å². The Labute approximate surface area is 118 Å². The van der Waals surface area contributed by atoms with Gasteiger partial charge >= 0.3 is 5.97 Å². The van der Waals surface area contributed by atoms with Gasteiger partial charge in [-0.2, -0.15) is 5.10 Å². The number of carbonyl (C=O) groups is 1. The van der Waals surface area contributed by atoms with Gasteiger partial charge in [-0.05, 0) is 53.7 Å². The molecule has 0 heterocycles. The number of carboxylic acids is 1. The van der Waals surface area contributed by atoms with E-state index in [1.54, 1.807) is 0 Å². The van der Waals surface area contributed by atoms with E-state index in [9.17, 15) is 9.18 Å². The predicted molar refractivity (Wildman–Crippen MR) is 75.2 cm³/mol. The van der Waals surface area contributed by atoms with Crippen molar-refractivity contribution in [1.82, 2.24) is 0 Å². The first-order valence-electron chi connectivity index (χ1n) is 6.11. The Morgan fingerprint density at radius 3 is 2.63 bits per heavy atom. The molecule has 2 rings (SSSR count). The van der Waals surface area contributed by atoms with Crippen LogP contribution in [0.2, 0.25) is 0 Å². The van der Waals surface area contributed by atoms with Crippen molar-refractivity contribution in [2.24, 2.45) is 5.10 Å². The fourth-order valence-electron chi connectivity index (χ4n) is 2.03. The summed E-state index contributed by atoms with van der Waals surface area (Å²) in [6.45, 7) is 0. The van der Waals surface area contributed by atoms with E-state index >= 15 is 0 Å². The summed E-state index contributed by atoms with van der Waals surface area (Å²) in [7, 11) is 0. The van der Waals surface area contributed by atoms with Gasteiger partial charge < -0.3 is 5.11 Å². The number of benzene rings is 1. The highest BCUT2D eigenvalue weighted by molar-refractivity contribution is 9.10. The highest BCUT2D eigenvalue weighted by Crippen LogP contribution is 2.25. The highest BCUT2D eigenvalue weighted by Gasteiger charge is 2.14. The zero-order valence-corrected chi connectivity index (χ0v) is 11.8. The van der Waals surface area contributed by atoms with Crippen LogP contribution in [0.15, 0.2) is 21.7 Å². The molecule has 6 heteroatoms. The molecule has 102 valence electrons. The molecule has 1 aromatic carbocycles. The molecule has 0 aliphatic heterocycles. The van der Waals surface area contributed by atoms with Gasteiger partial charge in [0.05, 0.1) is 15.7 Å². The van der Waals surface area contributed by atoms with Crippen LogP contribution in [0.3, 0.4) is 0 Å². The lowest BCUT2D eigenvalue weighted by Gasteiger charge is -2.13. The van der Waals surface area contributed by atoms with E-state index < -0.39 is 11.8 Å². The van der Waals surface area contributed by atoms with Gasteiger partial charge in [-0.1, -0.05) is 6.42 Å². The van der Waals surface area contributed by atoms with Crippen LogP contribution in [0.1, 0.15) is 42.5 Å². The fraction of sp³-hybridized carbons (Fsp3) is 0.385. The van der Waals surface area contributed by atoms with Crippen LogP contribution in [-0.2, 0) is 0 Å². The standard InChI is InChI=1S/C13H14BrFN2O2/c14-10-7-12(9(13(18)19)6-11(10)15)17-16-8-4-2-1-3-5-8/h6-7,17H,1-5H2,(H,18,19). The Kier molecular flexibility index (Phi) is 4.52. The Bertz CT molecular complexity index is 524. The third-order valence-corrected chi connectivity index (χ3v) is 3.66. The number of hydrazone groups is 1. The quantitative estimate of drug-likeness (QED) is 0.824. The normalized spacial score (nSPS) is 15.2. The fourth-order valence-corrected chi connectivity index (χ4v) is 2.37. The van der Waals surface area contributed by atoms with Crippen LogP contribution in [0.25, 0.3) is 0 Å². The van der Waals surface area contributed by atoms with E-state index in [1.807, 2.05) is 0 Å². The van der Waals surface area contributed by atoms with Crippen LogP contribution >= 0.6 is 15.9 Å². The second-order valence-electron chi connectivity index (χ2n) is 4.47. The Morgan fingerprint density at radius 1 is 1.32 bits per heavy atom. The zero-order valence-electron chi connectivity index (χ0n) is 10.2. The SMILES string of the molecule is O=C(O)c1cc(F)c(Br)cc1NN=C1CCCCC1. The minimum absolute atomic E-state index is 0.124. The summed E-state index contributed by atoms with van der Waals surface area (Å²) in [5, 5.41) is 13.3. The molecule has 1 aliphatic rings. The molecule has 0 amide bonds. The summed E-state index contributed by atoms with van der Waals surface area (Å²) in [6, 6.07) is 2.38. The lowest BCUT2D eigenvalue weighted by molar-refractivity contribution is 0.0697. The molecular formula is C13H14BrFN2O2. The lowest BCUT2D eigenvalue weighted by atomic mass is 9.99. The van der Waals surface area contributed by atoms with Gasteiger partial charge in [0, 0.05) is 5.71 Å². The molecule has 0 bridgehead atoms. The maximum atomic E-state index is 13.3. The van der Waals surface area contributed by atoms with E-state index in [2.05, 4.69) is 26.5 Å². The van der Waals surface area contributed by atoms with E-state index in [0.717, 1.165) is 37.5 Å². The molecule has 0 saturated heterocycles. The average molecular weight is 329 g/mol. The molecule has 0 aromatic heterocycles. The maximum absolute atomic E-state index is 13.3. The Morgan fingerprint density at radius 2 is 2.00 bits per heavy atom. The number of hydrogen-bond acceptors (Lipinski definition) is 3. The summed E-state index contributed by atoms with van der Waals surface area (Å²) in [6.07, 6.45) is 5.29. The van der Waals surface area contributed by atoms with Crippen molar-refractivity contribution in [3.63, 3.8) is 0 Å². The topological polar surface area (TPSA) is 61.7 Å². The van der Waals surface area contributed by atoms with E-state index in [1.165, 1.54) is 12.5 Å². The number of halogens is 2. The van der Waals surface area contributed by atoms with Crippen molar-refractivity contribution >= 4 is 33.3 Å². The van der Waals surface area contributed by atoms with Crippen molar-refractivity contribution in [3.05, 3.63) is 28.0 Å². The smallest absolute Gasteiger partial charge is 0.337 e. The van der Waals surface area contributed by atoms with Gasteiger partial charge in [0.15, 0.2) is 0 Å². The number of nitrogens with zero attached hydrogens (tertiary/aromatic N) is 1. The van der Waals surface area contributed by atoms with Gasteiger partial charge in [0.25, 0.3) is 0 Å². The first kappa shape index (κ1) is 14.0. The Balaban J connectivity index is 2.23. The molecule has 0 spiro atoms. The van der Waals surface area contributed by atoms with Crippen molar-refractivity contribution < 1.29 is 14.3 Å². The van der Waals surface area contributed by atoms with Crippen LogP contribution in [0.5, 0.6) is 0 Å². The van der Waals surface area contributed by atoms with Gasteiger partial charge in [-0.3, -0.25) is 5.43 Å². The number of aromatic carboxylic acids is 1. The molecule has 0 radical (unpaired) electrons. The number of nitrogens with one attached hydrogen (secondary N) is 1. The van der Waals surface area contributed by atoms with Gasteiger partial charge in [0.1, 0.15) is 5.82 Å². The van der Waals surface area contributed by atoms with Gasteiger partial charge in [-0.15, -0.1) is 0 Å². The average Bonchev–Trinajstić information content (AvgIpc) is 2.40. The van der Waals surface area contributed by atoms with E-state index in [4.69, 9.17) is 5.11 Å². The molecule has 4 nitrogen and oxygen atoms in total. The summed E-state index contributed by atoms with van der Waals surface area (Å²) in [4.78, 5) is 11.1. The number of hydrogen-bond donors (Lipinski definition) is 2. The number of carboxylic acid groups (broad SMARTS) is 1. The molecule has 1 aromatic rings. The highest BCUT2D eigenvalue weighted by atomic mass is 79.9. The second-order valence-corrected chi connectivity index (χ2v) is 5.32. The summed E-state index contributed by atoms with van der Waals surface area (Å²) >= 11 is 3.04. The number of anilines is 1. The largest absolute Gasteiger partial charge is 0.478 e. The first-order valence-corrected chi connectivity index (χ1v) is 6.91. The third kappa shape index (κ3) is 3.53. The Hall–Kier alpha value is -1.43. The second kappa shape index (κ2) is 6.14. The predicted octanol–water partition coefficient (Wildman–Crippen LogP) is 4.02. The molecule has 2 N–H and O–H groups in total. The van der Waals surface area contributed by atoms with Gasteiger partial charge in [0.2, 0.25) is 0 Å². The molecule has 19 heavy (non-hydrogen) atoms. The first-order chi connectivity index (χ1) is 9.08. The summed E-state index contributed by atoms with van der Waals surface area (Å²) < 4.78 is 13.6. The van der Waals surface area contributed by atoms with Gasteiger partial charge in [-0.25, -0.2) is 9.18 Å². The molecular weight excluding hydrogens is 315 g/mol. The van der Waals surface area contributed by atoms with Crippen LogP contribution in [0.4, 0.5) is 10.1 Å². The number of rotatable bonds is 3. The van der Waals surface area contributed by atoms with Crippen LogP contribution in [0, 0.1) is 5.82 Å². The van der Waals surface area contributed by atoms with Crippen molar-refractivity contribution in [2.75, 3.05) is 5.43 Å². The summed E-state index contributed by atoms with van der Waals surface area (Å²) in [5.41, 5.74) is 3.94. The zero-order chi connectivity index (χ0) is 13.8. The minimum atomic E-state index is -1.18. The van der Waals surface area contributed by atoms with E-state index in [0.29, 0.717) is 5.69 Å².